The average molecular weight is 313 g/mol. The third-order valence-electron chi connectivity index (χ3n) is 3.52. The molecule has 1 aromatic heterocycles. The van der Waals surface area contributed by atoms with Crippen LogP contribution in [0.2, 0.25) is 0 Å². The van der Waals surface area contributed by atoms with E-state index in [9.17, 15) is 0 Å². The Morgan fingerprint density at radius 3 is 2.00 bits per heavy atom. The highest BCUT2D eigenvalue weighted by Gasteiger charge is 2.10. The van der Waals surface area contributed by atoms with Crippen LogP contribution in [-0.4, -0.2) is 9.90 Å². The molecule has 0 aliphatic carbocycles. The van der Waals surface area contributed by atoms with E-state index in [0.29, 0.717) is 5.62 Å². The molecule has 3 aromatic carbocycles. The Morgan fingerprint density at radius 2 is 1.33 bits per heavy atom. The number of para-hydroxylation sites is 3. The SMILES string of the molecule is c1ccc(N=c2[n-][n+](-c3ccccc3)nn2-c2ccccc2)cc1. The van der Waals surface area contributed by atoms with Gasteiger partial charge in [0.2, 0.25) is 0 Å². The summed E-state index contributed by atoms with van der Waals surface area (Å²) in [5.74, 6) is 0. The van der Waals surface area contributed by atoms with Crippen LogP contribution in [0.1, 0.15) is 0 Å². The van der Waals surface area contributed by atoms with Gasteiger partial charge in [0.15, 0.2) is 5.69 Å². The summed E-state index contributed by atoms with van der Waals surface area (Å²) in [6.07, 6.45) is 0. The van der Waals surface area contributed by atoms with Crippen LogP contribution in [0.15, 0.2) is 96.0 Å². The fraction of sp³-hybridized carbons (Fsp3) is 0. The van der Waals surface area contributed by atoms with Gasteiger partial charge in [0.05, 0.1) is 0 Å². The van der Waals surface area contributed by atoms with Crippen molar-refractivity contribution in [2.24, 2.45) is 4.99 Å². The minimum absolute atomic E-state index is 0.524. The lowest BCUT2D eigenvalue weighted by molar-refractivity contribution is -0.723. The van der Waals surface area contributed by atoms with Crippen LogP contribution in [0.3, 0.4) is 0 Å². The van der Waals surface area contributed by atoms with E-state index < -0.39 is 0 Å². The lowest BCUT2D eigenvalue weighted by Crippen LogP contribution is -2.40. The van der Waals surface area contributed by atoms with E-state index in [0.717, 1.165) is 17.1 Å². The molecule has 0 radical (unpaired) electrons. The second-order valence-corrected chi connectivity index (χ2v) is 5.21. The molecule has 0 amide bonds. The third-order valence-corrected chi connectivity index (χ3v) is 3.52. The number of nitrogens with zero attached hydrogens (tertiary/aromatic N) is 5. The highest BCUT2D eigenvalue weighted by atomic mass is 15.6. The van der Waals surface area contributed by atoms with Gasteiger partial charge in [-0.2, -0.15) is 0 Å². The van der Waals surface area contributed by atoms with Crippen molar-refractivity contribution in [1.82, 2.24) is 15.0 Å². The van der Waals surface area contributed by atoms with Crippen LogP contribution in [0.5, 0.6) is 0 Å². The fourth-order valence-corrected chi connectivity index (χ4v) is 2.37. The summed E-state index contributed by atoms with van der Waals surface area (Å²) in [5.41, 5.74) is 3.16. The molecule has 0 atom stereocenters. The summed E-state index contributed by atoms with van der Waals surface area (Å²) >= 11 is 0. The Morgan fingerprint density at radius 1 is 0.750 bits per heavy atom. The summed E-state index contributed by atoms with van der Waals surface area (Å²) in [7, 11) is 0. The standard InChI is InChI=1S/C19H15N5/c1-4-10-16(11-5-1)20-19-21-24(18-14-8-3-9-15-18)22-23(19)17-12-6-2-7-13-17/h1-15H. The Balaban J connectivity index is 1.91. The van der Waals surface area contributed by atoms with Crippen molar-refractivity contribution in [3.05, 3.63) is 96.6 Å². The molecular formula is C19H15N5. The molecule has 116 valence electrons. The number of aromatic nitrogens is 4. The first-order valence-corrected chi connectivity index (χ1v) is 7.67. The van der Waals surface area contributed by atoms with Crippen molar-refractivity contribution in [1.29, 1.82) is 0 Å². The van der Waals surface area contributed by atoms with E-state index in [1.165, 1.54) is 0 Å². The lowest BCUT2D eigenvalue weighted by Gasteiger charge is -1.96. The van der Waals surface area contributed by atoms with Crippen molar-refractivity contribution in [2.45, 2.75) is 0 Å². The summed E-state index contributed by atoms with van der Waals surface area (Å²) in [5, 5.41) is 9.13. The molecule has 0 aliphatic heterocycles. The van der Waals surface area contributed by atoms with Gasteiger partial charge in [0, 0.05) is 10.9 Å². The summed E-state index contributed by atoms with van der Waals surface area (Å²) in [4.78, 5) is 6.22. The maximum absolute atomic E-state index is 4.63. The van der Waals surface area contributed by atoms with Crippen molar-refractivity contribution in [2.75, 3.05) is 0 Å². The molecule has 0 aliphatic rings. The van der Waals surface area contributed by atoms with Crippen molar-refractivity contribution in [3.8, 4) is 11.4 Å². The fourth-order valence-electron chi connectivity index (χ4n) is 2.37. The molecule has 5 heteroatoms. The van der Waals surface area contributed by atoms with E-state index in [1.54, 1.807) is 9.48 Å². The van der Waals surface area contributed by atoms with E-state index in [-0.39, 0.29) is 0 Å². The monoisotopic (exact) mass is 313 g/mol. The van der Waals surface area contributed by atoms with Crippen molar-refractivity contribution in [3.63, 3.8) is 0 Å². The molecule has 5 nitrogen and oxygen atoms in total. The molecule has 0 N–H and O–H groups in total. The van der Waals surface area contributed by atoms with E-state index >= 15 is 0 Å². The van der Waals surface area contributed by atoms with Crippen LogP contribution >= 0.6 is 0 Å². The highest BCUT2D eigenvalue weighted by Crippen LogP contribution is 2.08. The van der Waals surface area contributed by atoms with Crippen LogP contribution < -0.4 is 15.5 Å². The first-order chi connectivity index (χ1) is 11.9. The van der Waals surface area contributed by atoms with Crippen LogP contribution in [0, 0.1) is 0 Å². The van der Waals surface area contributed by atoms with Crippen LogP contribution in [0.25, 0.3) is 11.4 Å². The largest absolute Gasteiger partial charge is 0.288 e. The highest BCUT2D eigenvalue weighted by molar-refractivity contribution is 5.36. The number of tetrazole rings is 1. The predicted molar refractivity (Wildman–Crippen MR) is 90.1 cm³/mol. The Kier molecular flexibility index (Phi) is 3.73. The van der Waals surface area contributed by atoms with Crippen LogP contribution in [0.4, 0.5) is 5.69 Å². The average Bonchev–Trinajstić information content (AvgIpc) is 3.08. The minimum Gasteiger partial charge on any atom is -0.288 e. The third kappa shape index (κ3) is 2.87. The first-order valence-electron chi connectivity index (χ1n) is 7.67. The Labute approximate surface area is 139 Å². The first kappa shape index (κ1) is 14.1. The number of rotatable bonds is 3. The molecule has 0 saturated heterocycles. The van der Waals surface area contributed by atoms with Gasteiger partial charge in [-0.25, -0.2) is 0 Å². The normalized spacial score (nSPS) is 11.6. The number of benzene rings is 3. The molecule has 0 unspecified atom stereocenters. The number of hydrogen-bond acceptors (Lipinski definition) is 2. The van der Waals surface area contributed by atoms with Crippen molar-refractivity contribution >= 4 is 5.69 Å². The number of hydrogen-bond donors (Lipinski definition) is 0. The zero-order valence-corrected chi connectivity index (χ0v) is 12.9. The second-order valence-electron chi connectivity index (χ2n) is 5.21. The van der Waals surface area contributed by atoms with E-state index in [4.69, 9.17) is 0 Å². The quantitative estimate of drug-likeness (QED) is 0.545. The van der Waals surface area contributed by atoms with E-state index in [2.05, 4.69) is 15.3 Å². The molecular weight excluding hydrogens is 298 g/mol. The maximum atomic E-state index is 4.63. The molecule has 0 spiro atoms. The van der Waals surface area contributed by atoms with Gasteiger partial charge < -0.3 is 0 Å². The predicted octanol–water partition coefficient (Wildman–Crippen LogP) is 2.34. The molecule has 24 heavy (non-hydrogen) atoms. The van der Waals surface area contributed by atoms with Gasteiger partial charge in [-0.3, -0.25) is 4.99 Å². The van der Waals surface area contributed by atoms with Gasteiger partial charge in [-0.05, 0) is 36.4 Å². The topological polar surface area (TPSA) is 48.2 Å². The summed E-state index contributed by atoms with van der Waals surface area (Å²) in [6, 6.07) is 29.4. The van der Waals surface area contributed by atoms with E-state index in [1.807, 2.05) is 91.0 Å². The molecule has 4 rings (SSSR count). The van der Waals surface area contributed by atoms with Crippen molar-refractivity contribution < 1.29 is 4.80 Å². The second kappa shape index (κ2) is 6.34. The zero-order valence-electron chi connectivity index (χ0n) is 12.9. The summed E-state index contributed by atoms with van der Waals surface area (Å²) in [6.45, 7) is 0. The van der Waals surface area contributed by atoms with Gasteiger partial charge in [0.1, 0.15) is 5.69 Å². The minimum atomic E-state index is 0.524. The molecule has 4 aromatic rings. The molecule has 0 bridgehead atoms. The maximum Gasteiger partial charge on any atom is 0.266 e. The zero-order chi connectivity index (χ0) is 16.2. The van der Waals surface area contributed by atoms with Gasteiger partial charge in [0.25, 0.3) is 5.62 Å². The summed E-state index contributed by atoms with van der Waals surface area (Å²) < 4.78 is 1.74. The van der Waals surface area contributed by atoms with Gasteiger partial charge >= 0.3 is 0 Å². The molecule has 0 saturated carbocycles. The lowest BCUT2D eigenvalue weighted by atomic mass is 10.3. The van der Waals surface area contributed by atoms with Gasteiger partial charge in [-0.15, -0.1) is 9.78 Å². The Hall–Kier alpha value is -3.47. The molecule has 0 fully saturated rings. The molecule has 1 heterocycles. The smallest absolute Gasteiger partial charge is 0.266 e. The Bertz CT molecular complexity index is 986. The van der Waals surface area contributed by atoms with Crippen LogP contribution in [-0.2, 0) is 0 Å². The van der Waals surface area contributed by atoms with Gasteiger partial charge in [-0.1, -0.05) is 59.4 Å².